The van der Waals surface area contributed by atoms with Crippen molar-refractivity contribution < 1.29 is 40.3 Å². The zero-order valence-electron chi connectivity index (χ0n) is 22.6. The molecule has 6 nitrogen and oxygen atoms in total. The van der Waals surface area contributed by atoms with Crippen LogP contribution in [-0.2, 0) is 11.2 Å². The van der Waals surface area contributed by atoms with E-state index in [0.717, 1.165) is 18.2 Å². The van der Waals surface area contributed by atoms with Crippen LogP contribution in [-0.4, -0.2) is 26.5 Å². The van der Waals surface area contributed by atoms with Gasteiger partial charge >= 0.3 is 0 Å². The molecule has 0 radical (unpaired) electrons. The number of hydrogen-bond donors (Lipinski definition) is 1. The average molecular weight is 607 g/mol. The third kappa shape index (κ3) is 7.09. The topological polar surface area (TPSA) is 90.9 Å². The number of nitrogens with two attached hydrogens (primary N) is 1. The molecule has 2 aromatic heterocycles. The van der Waals surface area contributed by atoms with Crippen LogP contribution in [0.25, 0.3) is 11.1 Å². The molecule has 4 aromatic rings. The Bertz CT molecular complexity index is 1620. The minimum atomic E-state index is -3.20. The van der Waals surface area contributed by atoms with Gasteiger partial charge in [0, 0.05) is 30.2 Å². The molecular formula is C30H25F7N4O2. The second-order valence-electron chi connectivity index (χ2n) is 9.81. The Morgan fingerprint density at radius 2 is 1.63 bits per heavy atom. The van der Waals surface area contributed by atoms with Crippen LogP contribution < -0.4 is 5.73 Å². The summed E-state index contributed by atoms with van der Waals surface area (Å²) in [5.41, 5.74) is 4.09. The summed E-state index contributed by atoms with van der Waals surface area (Å²) < 4.78 is 97.1. The number of rotatable bonds is 12. The minimum absolute atomic E-state index is 0.0841. The highest BCUT2D eigenvalue weighted by molar-refractivity contribution is 5.94. The molecule has 2 N–H and O–H groups in total. The van der Waals surface area contributed by atoms with Gasteiger partial charge in [-0.15, -0.1) is 0 Å². The molecule has 13 heteroatoms. The van der Waals surface area contributed by atoms with E-state index in [4.69, 9.17) is 5.73 Å². The van der Waals surface area contributed by atoms with Gasteiger partial charge in [0.25, 0.3) is 18.8 Å². The van der Waals surface area contributed by atoms with E-state index in [1.807, 2.05) is 0 Å². The standard InChI is InChI=1S/C30H25F7N4O2/c1-2-24(41-25(29(36)37)14-23(40-41)28(34)35)26(42)12-17(8-15-9-18(31)13-19(32)10-15)27-20(4-3-7-39-27)16-5-6-22(33)21(11-16)30(38)43/h3-7,9-11,13-14,17,24,28-29H,2,8,12H2,1H3,(H2,38,43)/t17-,24?/m1/s1. The van der Waals surface area contributed by atoms with Gasteiger partial charge in [-0.25, -0.2) is 30.7 Å². The zero-order chi connectivity index (χ0) is 31.4. The highest BCUT2D eigenvalue weighted by Gasteiger charge is 2.31. The molecule has 2 atom stereocenters. The maximum absolute atomic E-state index is 14.2. The lowest BCUT2D eigenvalue weighted by atomic mass is 9.85. The second-order valence-corrected chi connectivity index (χ2v) is 9.81. The molecule has 0 spiro atoms. The smallest absolute Gasteiger partial charge is 0.282 e. The molecule has 0 aliphatic heterocycles. The number of ketones is 1. The van der Waals surface area contributed by atoms with Crippen molar-refractivity contribution in [2.45, 2.75) is 51.0 Å². The molecule has 43 heavy (non-hydrogen) atoms. The van der Waals surface area contributed by atoms with Crippen molar-refractivity contribution in [2.24, 2.45) is 5.73 Å². The molecule has 0 fully saturated rings. The molecule has 1 unspecified atom stereocenters. The molecule has 2 aromatic carbocycles. The van der Waals surface area contributed by atoms with Gasteiger partial charge in [-0.3, -0.25) is 19.3 Å². The van der Waals surface area contributed by atoms with Crippen molar-refractivity contribution in [1.29, 1.82) is 0 Å². The van der Waals surface area contributed by atoms with Crippen LogP contribution in [0, 0.1) is 17.5 Å². The first-order chi connectivity index (χ1) is 20.4. The summed E-state index contributed by atoms with van der Waals surface area (Å²) in [4.78, 5) is 29.9. The molecule has 1 amide bonds. The van der Waals surface area contributed by atoms with Gasteiger partial charge < -0.3 is 5.73 Å². The van der Waals surface area contributed by atoms with Gasteiger partial charge in [-0.05, 0) is 60.4 Å². The van der Waals surface area contributed by atoms with E-state index >= 15 is 0 Å². The first-order valence-corrected chi connectivity index (χ1v) is 13.1. The van der Waals surface area contributed by atoms with E-state index in [-0.39, 0.29) is 24.1 Å². The number of primary amides is 1. The Balaban J connectivity index is 1.81. The zero-order valence-corrected chi connectivity index (χ0v) is 22.6. The largest absolute Gasteiger partial charge is 0.366 e. The Hall–Kier alpha value is -4.55. The van der Waals surface area contributed by atoms with Gasteiger partial charge in [0.05, 0.1) is 11.3 Å². The van der Waals surface area contributed by atoms with Crippen molar-refractivity contribution in [3.05, 3.63) is 106 Å². The normalized spacial score (nSPS) is 13.0. The molecule has 0 saturated carbocycles. The fourth-order valence-corrected chi connectivity index (χ4v) is 5.01. The van der Waals surface area contributed by atoms with Crippen LogP contribution in [0.1, 0.15) is 77.6 Å². The van der Waals surface area contributed by atoms with Crippen LogP contribution >= 0.6 is 0 Å². The van der Waals surface area contributed by atoms with Crippen LogP contribution in [0.5, 0.6) is 0 Å². The third-order valence-corrected chi connectivity index (χ3v) is 6.90. The predicted molar refractivity (Wildman–Crippen MR) is 142 cm³/mol. The van der Waals surface area contributed by atoms with Gasteiger partial charge in [-0.1, -0.05) is 19.1 Å². The Morgan fingerprint density at radius 3 is 2.23 bits per heavy atom. The van der Waals surface area contributed by atoms with Crippen LogP contribution in [0.15, 0.2) is 60.8 Å². The van der Waals surface area contributed by atoms with E-state index < -0.39 is 77.3 Å². The first kappa shape index (κ1) is 31.4. The number of halogens is 7. The Morgan fingerprint density at radius 1 is 0.930 bits per heavy atom. The van der Waals surface area contributed by atoms with Gasteiger partial charge in [0.15, 0.2) is 5.78 Å². The number of alkyl halides is 4. The van der Waals surface area contributed by atoms with Crippen molar-refractivity contribution in [2.75, 3.05) is 0 Å². The van der Waals surface area contributed by atoms with Crippen LogP contribution in [0.3, 0.4) is 0 Å². The summed E-state index contributed by atoms with van der Waals surface area (Å²) >= 11 is 0. The molecule has 0 aliphatic carbocycles. The van der Waals surface area contributed by atoms with Gasteiger partial charge in [0.1, 0.15) is 34.9 Å². The summed E-state index contributed by atoms with van der Waals surface area (Å²) in [5, 5.41) is 3.58. The quantitative estimate of drug-likeness (QED) is 0.172. The average Bonchev–Trinajstić information content (AvgIpc) is 3.39. The fraction of sp³-hybridized carbons (Fsp3) is 0.267. The third-order valence-electron chi connectivity index (χ3n) is 6.90. The van der Waals surface area contributed by atoms with Crippen molar-refractivity contribution >= 4 is 11.7 Å². The number of Topliss-reactive ketones (excluding diaryl/α,β-unsaturated/α-hetero) is 1. The highest BCUT2D eigenvalue weighted by atomic mass is 19.3. The molecule has 226 valence electrons. The monoisotopic (exact) mass is 606 g/mol. The molecule has 0 aliphatic rings. The maximum Gasteiger partial charge on any atom is 0.282 e. The number of nitrogens with zero attached hydrogens (tertiary/aromatic N) is 3. The predicted octanol–water partition coefficient (Wildman–Crippen LogP) is 7.27. The second kappa shape index (κ2) is 13.2. The SMILES string of the molecule is CCC(C(=O)C[C@@H](Cc1cc(F)cc(F)c1)c1ncccc1-c1ccc(F)c(C(N)=O)c1)n1nc(C(F)F)cc1C(F)F. The summed E-state index contributed by atoms with van der Waals surface area (Å²) in [7, 11) is 0. The number of aromatic nitrogens is 3. The number of pyridine rings is 1. The molecule has 4 rings (SSSR count). The molecule has 0 saturated heterocycles. The minimum Gasteiger partial charge on any atom is -0.366 e. The maximum atomic E-state index is 14.2. The van der Waals surface area contributed by atoms with Crippen LogP contribution in [0.2, 0.25) is 0 Å². The van der Waals surface area contributed by atoms with E-state index in [1.165, 1.54) is 31.3 Å². The summed E-state index contributed by atoms with van der Waals surface area (Å²) in [5.74, 6) is -5.28. The summed E-state index contributed by atoms with van der Waals surface area (Å²) in [6.45, 7) is 1.49. The Kier molecular flexibility index (Phi) is 9.62. The van der Waals surface area contributed by atoms with Crippen LogP contribution in [0.4, 0.5) is 30.7 Å². The fourth-order valence-electron chi connectivity index (χ4n) is 5.01. The summed E-state index contributed by atoms with van der Waals surface area (Å²) in [6.07, 6.45) is -5.65. The summed E-state index contributed by atoms with van der Waals surface area (Å²) in [6, 6.07) is 8.61. The number of amides is 1. The van der Waals surface area contributed by atoms with Crippen molar-refractivity contribution in [3.8, 4) is 11.1 Å². The highest BCUT2D eigenvalue weighted by Crippen LogP contribution is 2.36. The molecule has 2 heterocycles. The lowest BCUT2D eigenvalue weighted by Crippen LogP contribution is -2.25. The lowest BCUT2D eigenvalue weighted by molar-refractivity contribution is -0.123. The Labute approximate surface area is 241 Å². The van der Waals surface area contributed by atoms with Gasteiger partial charge in [0.2, 0.25) is 0 Å². The first-order valence-electron chi connectivity index (χ1n) is 13.1. The molecular weight excluding hydrogens is 581 g/mol. The van der Waals surface area contributed by atoms with E-state index in [2.05, 4.69) is 10.1 Å². The number of carbonyl (C=O) groups is 2. The number of carbonyl (C=O) groups excluding carboxylic acids is 2. The number of hydrogen-bond acceptors (Lipinski definition) is 4. The van der Waals surface area contributed by atoms with Crippen molar-refractivity contribution in [1.82, 2.24) is 14.8 Å². The lowest BCUT2D eigenvalue weighted by Gasteiger charge is -2.23. The van der Waals surface area contributed by atoms with Gasteiger partial charge in [-0.2, -0.15) is 5.10 Å². The van der Waals surface area contributed by atoms with Crippen molar-refractivity contribution in [3.63, 3.8) is 0 Å². The van der Waals surface area contributed by atoms with E-state index in [9.17, 15) is 40.3 Å². The van der Waals surface area contributed by atoms with E-state index in [1.54, 1.807) is 6.07 Å². The number of benzene rings is 2. The van der Waals surface area contributed by atoms with E-state index in [0.29, 0.717) is 27.9 Å². The molecule has 0 bridgehead atoms.